The lowest BCUT2D eigenvalue weighted by molar-refractivity contribution is -0.184. The van der Waals surface area contributed by atoms with Crippen molar-refractivity contribution in [3.63, 3.8) is 0 Å². The van der Waals surface area contributed by atoms with Crippen LogP contribution in [0.25, 0.3) is 0 Å². The maximum absolute atomic E-state index is 12.6. The van der Waals surface area contributed by atoms with Crippen LogP contribution in [0.15, 0.2) is 24.3 Å². The molecule has 3 aliphatic heterocycles. The van der Waals surface area contributed by atoms with Gasteiger partial charge in [0.25, 0.3) is 0 Å². The number of ether oxygens (including phenoxy) is 3. The van der Waals surface area contributed by atoms with Crippen LogP contribution in [0.3, 0.4) is 0 Å². The van der Waals surface area contributed by atoms with E-state index in [0.717, 1.165) is 0 Å². The minimum absolute atomic E-state index is 0.150. The van der Waals surface area contributed by atoms with Gasteiger partial charge in [0.1, 0.15) is 11.9 Å². The third kappa shape index (κ3) is 4.22. The fourth-order valence-corrected chi connectivity index (χ4v) is 4.47. The van der Waals surface area contributed by atoms with Crippen molar-refractivity contribution in [2.45, 2.75) is 43.4 Å². The van der Waals surface area contributed by atoms with Gasteiger partial charge in [-0.25, -0.2) is 4.79 Å². The Morgan fingerprint density at radius 3 is 2.77 bits per heavy atom. The normalized spacial score (nSPS) is 31.9. The first-order chi connectivity index (χ1) is 14.5. The molecule has 0 saturated carbocycles. The lowest BCUT2D eigenvalue weighted by atomic mass is 9.90. The molecule has 1 aromatic carbocycles. The average Bonchev–Trinajstić information content (AvgIpc) is 3.17. The molecule has 1 aromatic rings. The van der Waals surface area contributed by atoms with Crippen molar-refractivity contribution >= 4 is 17.6 Å². The number of aliphatic hydroxyl groups excluding tert-OH is 1. The molecule has 5 N–H and O–H groups in total. The lowest BCUT2D eigenvalue weighted by Crippen LogP contribution is -2.66. The first-order valence-electron chi connectivity index (χ1n) is 10.2. The molecule has 5 unspecified atom stereocenters. The molecule has 3 saturated heterocycles. The van der Waals surface area contributed by atoms with Crippen LogP contribution in [0, 0.1) is 5.92 Å². The lowest BCUT2D eigenvalue weighted by Gasteiger charge is -2.45. The number of nitrogens with one attached hydrogen (secondary N) is 2. The quantitative estimate of drug-likeness (QED) is 0.521. The van der Waals surface area contributed by atoms with E-state index in [1.54, 1.807) is 31.4 Å². The van der Waals surface area contributed by atoms with Crippen LogP contribution in [0.1, 0.15) is 12.8 Å². The Hall–Kier alpha value is -2.40. The molecule has 3 heterocycles. The molecule has 0 spiro atoms. The second-order valence-electron chi connectivity index (χ2n) is 7.93. The maximum Gasteiger partial charge on any atom is 0.319 e. The van der Waals surface area contributed by atoms with Crippen LogP contribution in [-0.2, 0) is 14.3 Å². The van der Waals surface area contributed by atoms with Crippen LogP contribution >= 0.6 is 0 Å². The van der Waals surface area contributed by atoms with Crippen molar-refractivity contribution in [3.05, 3.63) is 24.3 Å². The summed E-state index contributed by atoms with van der Waals surface area (Å²) in [5.41, 5.74) is 5.99. The fourth-order valence-electron chi connectivity index (χ4n) is 4.47. The highest BCUT2D eigenvalue weighted by atomic mass is 16.7. The smallest absolute Gasteiger partial charge is 0.319 e. The average molecular weight is 420 g/mol. The van der Waals surface area contributed by atoms with Crippen molar-refractivity contribution < 1.29 is 28.9 Å². The minimum atomic E-state index is -0.877. The van der Waals surface area contributed by atoms with Crippen molar-refractivity contribution in [2.75, 3.05) is 32.1 Å². The summed E-state index contributed by atoms with van der Waals surface area (Å²) >= 11 is 0. The Balaban J connectivity index is 1.41. The summed E-state index contributed by atoms with van der Waals surface area (Å²) in [6.07, 6.45) is -0.612. The number of hydrogen-bond donors (Lipinski definition) is 4. The van der Waals surface area contributed by atoms with E-state index in [0.29, 0.717) is 44.0 Å². The van der Waals surface area contributed by atoms with Crippen molar-refractivity contribution in [1.82, 2.24) is 10.2 Å². The predicted molar refractivity (Wildman–Crippen MR) is 107 cm³/mol. The minimum Gasteiger partial charge on any atom is -0.497 e. The molecule has 10 heteroatoms. The fraction of sp³-hybridized carbons (Fsp3) is 0.600. The van der Waals surface area contributed by atoms with Gasteiger partial charge in [-0.05, 0) is 38.1 Å². The number of piperidine rings is 1. The molecule has 0 aromatic heterocycles. The van der Waals surface area contributed by atoms with Gasteiger partial charge in [-0.2, -0.15) is 0 Å². The van der Waals surface area contributed by atoms with E-state index in [-0.39, 0.29) is 11.8 Å². The SMILES string of the molecule is COc1cccc(NC(=O)NC2C3COC(O3)C(N3CCC(C(N)=O)CC3)C2O)c1. The number of carbonyl (C=O) groups is 2. The summed E-state index contributed by atoms with van der Waals surface area (Å²) in [5.74, 6) is 0.184. The number of rotatable bonds is 5. The van der Waals surface area contributed by atoms with Gasteiger partial charge in [0.2, 0.25) is 5.91 Å². The Kier molecular flexibility index (Phi) is 6.09. The van der Waals surface area contributed by atoms with E-state index < -0.39 is 36.6 Å². The van der Waals surface area contributed by atoms with Gasteiger partial charge >= 0.3 is 6.03 Å². The number of fused-ring (bicyclic) bond motifs is 2. The molecular formula is C20H28N4O6. The molecule has 164 valence electrons. The number of urea groups is 1. The summed E-state index contributed by atoms with van der Waals surface area (Å²) in [7, 11) is 1.55. The van der Waals surface area contributed by atoms with Crippen LogP contribution < -0.4 is 21.1 Å². The van der Waals surface area contributed by atoms with Crippen molar-refractivity contribution in [1.29, 1.82) is 0 Å². The van der Waals surface area contributed by atoms with E-state index >= 15 is 0 Å². The Bertz CT molecular complexity index is 784. The zero-order chi connectivity index (χ0) is 21.3. The predicted octanol–water partition coefficient (Wildman–Crippen LogP) is -0.133. The second-order valence-corrected chi connectivity index (χ2v) is 7.93. The Morgan fingerprint density at radius 1 is 1.30 bits per heavy atom. The molecular weight excluding hydrogens is 392 g/mol. The zero-order valence-corrected chi connectivity index (χ0v) is 16.8. The van der Waals surface area contributed by atoms with E-state index in [4.69, 9.17) is 19.9 Å². The van der Waals surface area contributed by atoms with E-state index in [1.165, 1.54) is 0 Å². The van der Waals surface area contributed by atoms with Gasteiger partial charge < -0.3 is 35.7 Å². The van der Waals surface area contributed by atoms with Crippen LogP contribution in [0.2, 0.25) is 0 Å². The van der Waals surface area contributed by atoms with E-state index in [2.05, 4.69) is 15.5 Å². The number of primary amides is 1. The highest BCUT2D eigenvalue weighted by Crippen LogP contribution is 2.33. The molecule has 5 atom stereocenters. The largest absolute Gasteiger partial charge is 0.497 e. The molecule has 3 fully saturated rings. The number of benzene rings is 1. The summed E-state index contributed by atoms with van der Waals surface area (Å²) in [6.45, 7) is 1.50. The molecule has 2 bridgehead atoms. The van der Waals surface area contributed by atoms with Gasteiger partial charge in [0.05, 0.1) is 31.9 Å². The number of amides is 3. The van der Waals surface area contributed by atoms with E-state index in [9.17, 15) is 14.7 Å². The highest BCUT2D eigenvalue weighted by molar-refractivity contribution is 5.89. The van der Waals surface area contributed by atoms with Gasteiger partial charge in [-0.3, -0.25) is 9.69 Å². The Labute approximate surface area is 174 Å². The third-order valence-electron chi connectivity index (χ3n) is 6.11. The number of carbonyl (C=O) groups excluding carboxylic acids is 2. The standard InChI is InChI=1S/C20H28N4O6/c1-28-13-4-2-3-12(9-13)22-20(27)23-15-14-10-29-19(30-14)16(17(15)25)24-7-5-11(6-8-24)18(21)26/h2-4,9,11,14-17,19,25H,5-8,10H2,1H3,(H2,21,26)(H2,22,23,27). The molecule has 10 nitrogen and oxygen atoms in total. The summed E-state index contributed by atoms with van der Waals surface area (Å²) in [6, 6.07) is 5.49. The first kappa shape index (κ1) is 20.9. The topological polar surface area (TPSA) is 135 Å². The monoisotopic (exact) mass is 420 g/mol. The molecule has 30 heavy (non-hydrogen) atoms. The molecule has 3 aliphatic rings. The van der Waals surface area contributed by atoms with E-state index in [1.807, 2.05) is 0 Å². The number of methoxy groups -OCH3 is 1. The van der Waals surface area contributed by atoms with Crippen LogP contribution in [0.5, 0.6) is 5.75 Å². The van der Waals surface area contributed by atoms with Crippen molar-refractivity contribution in [2.24, 2.45) is 11.7 Å². The third-order valence-corrected chi connectivity index (χ3v) is 6.11. The highest BCUT2D eigenvalue weighted by Gasteiger charge is 2.53. The number of aliphatic hydroxyl groups is 1. The number of nitrogens with two attached hydrogens (primary N) is 1. The number of anilines is 1. The molecule has 0 aliphatic carbocycles. The van der Waals surface area contributed by atoms with Gasteiger partial charge in [-0.1, -0.05) is 6.07 Å². The number of nitrogens with zero attached hydrogens (tertiary/aromatic N) is 1. The summed E-state index contributed by atoms with van der Waals surface area (Å²) < 4.78 is 16.8. The number of likely N-dealkylation sites (tertiary alicyclic amines) is 1. The number of hydrogen-bond acceptors (Lipinski definition) is 7. The second kappa shape index (κ2) is 8.76. The maximum atomic E-state index is 12.6. The first-order valence-corrected chi connectivity index (χ1v) is 10.2. The van der Waals surface area contributed by atoms with Gasteiger partial charge in [0, 0.05) is 17.7 Å². The van der Waals surface area contributed by atoms with Crippen molar-refractivity contribution in [3.8, 4) is 5.75 Å². The molecule has 4 rings (SSSR count). The van der Waals surface area contributed by atoms with Gasteiger partial charge in [0.15, 0.2) is 6.29 Å². The zero-order valence-electron chi connectivity index (χ0n) is 16.8. The molecule has 3 amide bonds. The summed E-state index contributed by atoms with van der Waals surface area (Å²) in [4.78, 5) is 26.1. The molecule has 0 radical (unpaired) electrons. The Morgan fingerprint density at radius 2 is 2.07 bits per heavy atom. The van der Waals surface area contributed by atoms with Crippen LogP contribution in [-0.4, -0.2) is 79.3 Å². The summed E-state index contributed by atoms with van der Waals surface area (Å²) in [5, 5.41) is 16.7. The van der Waals surface area contributed by atoms with Crippen LogP contribution in [0.4, 0.5) is 10.5 Å². The van der Waals surface area contributed by atoms with Gasteiger partial charge in [-0.15, -0.1) is 0 Å².